The van der Waals surface area contributed by atoms with Gasteiger partial charge in [-0.2, -0.15) is 0 Å². The molecule has 1 fully saturated rings. The number of phosphoric acid groups is 1. The molecule has 370 valence electrons. The average Bonchev–Trinajstić information content (AvgIpc) is 3.27. The topological polar surface area (TPSA) is 192 Å². The molecule has 0 aromatic heterocycles. The summed E-state index contributed by atoms with van der Waals surface area (Å²) in [5.74, 6) is -0.487. The zero-order valence-corrected chi connectivity index (χ0v) is 40.5. The Morgan fingerprint density at radius 3 is 1.38 bits per heavy atom. The van der Waals surface area contributed by atoms with Gasteiger partial charge in [0.05, 0.1) is 13.2 Å². The average molecular weight is 917 g/mol. The largest absolute Gasteiger partial charge is 0.472 e. The molecule has 6 N–H and O–H groups in total. The van der Waals surface area contributed by atoms with Gasteiger partial charge in [-0.05, 0) is 70.6 Å². The second-order valence-electron chi connectivity index (χ2n) is 17.7. The third kappa shape index (κ3) is 32.8. The second-order valence-corrected chi connectivity index (χ2v) is 19.1. The van der Waals surface area contributed by atoms with Gasteiger partial charge in [0, 0.05) is 13.0 Å². The number of aliphatic hydroxyl groups is 5. The van der Waals surface area contributed by atoms with Crippen LogP contribution in [0.4, 0.5) is 0 Å². The molecule has 0 aliphatic heterocycles. The van der Waals surface area contributed by atoms with Gasteiger partial charge in [0.25, 0.3) is 0 Å². The van der Waals surface area contributed by atoms with Gasteiger partial charge in [-0.3, -0.25) is 13.8 Å². The third-order valence-corrected chi connectivity index (χ3v) is 12.7. The van der Waals surface area contributed by atoms with E-state index in [1.54, 1.807) is 0 Å². The molecular formula is C50H93O12P. The molecule has 63 heavy (non-hydrogen) atoms. The van der Waals surface area contributed by atoms with Crippen LogP contribution in [0.5, 0.6) is 0 Å². The number of rotatable bonds is 43. The molecule has 0 heterocycles. The number of hydrogen-bond acceptors (Lipinski definition) is 11. The Morgan fingerprint density at radius 2 is 0.889 bits per heavy atom. The minimum absolute atomic E-state index is 0.0797. The van der Waals surface area contributed by atoms with Crippen molar-refractivity contribution < 1.29 is 58.3 Å². The Morgan fingerprint density at radius 1 is 0.508 bits per heavy atom. The maximum atomic E-state index is 12.8. The van der Waals surface area contributed by atoms with E-state index in [9.17, 15) is 39.8 Å². The number of carbonyl (C=O) groups excluding carboxylic acids is 1. The molecule has 6 atom stereocenters. The highest BCUT2D eigenvalue weighted by molar-refractivity contribution is 7.47. The Bertz CT molecular complexity index is 1180. The molecule has 0 radical (unpaired) electrons. The highest BCUT2D eigenvalue weighted by Gasteiger charge is 2.51. The summed E-state index contributed by atoms with van der Waals surface area (Å²) in [4.78, 5) is 23.2. The van der Waals surface area contributed by atoms with Crippen LogP contribution >= 0.6 is 7.82 Å². The van der Waals surface area contributed by atoms with E-state index in [1.807, 2.05) is 0 Å². The highest BCUT2D eigenvalue weighted by atomic mass is 31.2. The van der Waals surface area contributed by atoms with Crippen LogP contribution < -0.4 is 0 Å². The molecule has 0 spiro atoms. The van der Waals surface area contributed by atoms with Crippen molar-refractivity contribution in [2.24, 2.45) is 0 Å². The number of hydrogen-bond donors (Lipinski definition) is 6. The van der Waals surface area contributed by atoms with Crippen LogP contribution in [0, 0.1) is 0 Å². The van der Waals surface area contributed by atoms with Crippen molar-refractivity contribution >= 4 is 13.8 Å². The normalized spacial score (nSPS) is 22.1. The van der Waals surface area contributed by atoms with Crippen molar-refractivity contribution in [2.75, 3.05) is 19.8 Å². The molecule has 0 bridgehead atoms. The smallest absolute Gasteiger partial charge is 0.457 e. The van der Waals surface area contributed by atoms with Crippen molar-refractivity contribution in [1.82, 2.24) is 0 Å². The first-order valence-electron chi connectivity index (χ1n) is 25.3. The van der Waals surface area contributed by atoms with Crippen LogP contribution in [0.2, 0.25) is 0 Å². The van der Waals surface area contributed by atoms with E-state index in [0.717, 1.165) is 64.2 Å². The number of allylic oxidation sites excluding steroid dienone is 6. The summed E-state index contributed by atoms with van der Waals surface area (Å²) in [7, 11) is -5.02. The lowest BCUT2D eigenvalue weighted by Gasteiger charge is -2.41. The summed E-state index contributed by atoms with van der Waals surface area (Å²) in [6.07, 6.45) is 36.5. The lowest BCUT2D eigenvalue weighted by molar-refractivity contribution is -0.220. The van der Waals surface area contributed by atoms with Gasteiger partial charge in [0.1, 0.15) is 42.7 Å². The standard InChI is InChI=1S/C50H93O12P/c1-3-5-7-9-11-13-15-17-18-19-20-21-22-23-24-25-26-27-28-30-32-34-36-38-40-59-41-43(61-44(51)39-37-35-33-31-29-16-14-12-10-8-6-4-2)42-60-63(57,58)62-50-48(55)46(53)45(52)47(54)49(50)56/h12,14-15,17,19-20,43,45-50,52-56H,3-11,13,16,18,21-42H2,1-2H3,(H,57,58)/b14-12-,17-15-,20-19-. The Hall–Kier alpha value is -1.44. The predicted octanol–water partition coefficient (Wildman–Crippen LogP) is 11.0. The Balaban J connectivity index is 2.29. The monoisotopic (exact) mass is 917 g/mol. The van der Waals surface area contributed by atoms with E-state index in [0.29, 0.717) is 13.0 Å². The molecular weight excluding hydrogens is 824 g/mol. The van der Waals surface area contributed by atoms with E-state index >= 15 is 0 Å². The van der Waals surface area contributed by atoms with Gasteiger partial charge >= 0.3 is 13.8 Å². The SMILES string of the molecule is CCCCC/C=C\CCCCCCCC(=O)OC(COCCCCCCCCCCCCCC/C=C\C/C=C\CCCCCCC)COP(=O)(O)OC1C(O)C(O)C(O)C(O)C1O. The first kappa shape index (κ1) is 59.6. The Kier molecular flexibility index (Phi) is 38.6. The molecule has 1 rings (SSSR count). The van der Waals surface area contributed by atoms with Crippen molar-refractivity contribution in [2.45, 2.75) is 256 Å². The minimum Gasteiger partial charge on any atom is -0.457 e. The lowest BCUT2D eigenvalue weighted by Crippen LogP contribution is -2.64. The van der Waals surface area contributed by atoms with Crippen molar-refractivity contribution in [3.63, 3.8) is 0 Å². The zero-order valence-electron chi connectivity index (χ0n) is 39.6. The molecule has 0 aromatic carbocycles. The Labute approximate surface area is 382 Å². The maximum Gasteiger partial charge on any atom is 0.472 e. The van der Waals surface area contributed by atoms with Crippen molar-refractivity contribution in [3.8, 4) is 0 Å². The van der Waals surface area contributed by atoms with Gasteiger partial charge in [0.2, 0.25) is 0 Å². The second kappa shape index (κ2) is 40.8. The molecule has 0 aromatic rings. The summed E-state index contributed by atoms with van der Waals surface area (Å²) >= 11 is 0. The first-order valence-corrected chi connectivity index (χ1v) is 26.8. The number of esters is 1. The summed E-state index contributed by atoms with van der Waals surface area (Å²) in [5.41, 5.74) is 0. The van der Waals surface area contributed by atoms with Crippen molar-refractivity contribution in [1.29, 1.82) is 0 Å². The van der Waals surface area contributed by atoms with Crippen LogP contribution in [0.15, 0.2) is 36.5 Å². The molecule has 1 aliphatic rings. The number of ether oxygens (including phenoxy) is 2. The number of aliphatic hydroxyl groups excluding tert-OH is 5. The molecule has 0 amide bonds. The fourth-order valence-electron chi connectivity index (χ4n) is 7.68. The predicted molar refractivity (Wildman–Crippen MR) is 253 cm³/mol. The first-order chi connectivity index (χ1) is 30.5. The summed E-state index contributed by atoms with van der Waals surface area (Å²) in [5, 5.41) is 50.2. The summed E-state index contributed by atoms with van der Waals surface area (Å²) < 4.78 is 34.2. The maximum absolute atomic E-state index is 12.8. The third-order valence-electron chi connectivity index (χ3n) is 11.7. The zero-order chi connectivity index (χ0) is 46.2. The number of unbranched alkanes of at least 4 members (excludes halogenated alkanes) is 25. The van der Waals surface area contributed by atoms with Crippen molar-refractivity contribution in [3.05, 3.63) is 36.5 Å². The van der Waals surface area contributed by atoms with Gasteiger partial charge in [-0.15, -0.1) is 0 Å². The highest BCUT2D eigenvalue weighted by Crippen LogP contribution is 2.47. The van der Waals surface area contributed by atoms with Crippen LogP contribution in [0.3, 0.4) is 0 Å². The molecule has 1 aliphatic carbocycles. The van der Waals surface area contributed by atoms with Crippen LogP contribution in [-0.4, -0.2) is 98.9 Å². The summed E-state index contributed by atoms with van der Waals surface area (Å²) in [6, 6.07) is 0. The molecule has 6 unspecified atom stereocenters. The van der Waals surface area contributed by atoms with Gasteiger partial charge < -0.3 is 39.9 Å². The fourth-order valence-corrected chi connectivity index (χ4v) is 8.65. The minimum atomic E-state index is -5.02. The lowest BCUT2D eigenvalue weighted by atomic mass is 9.85. The number of phosphoric ester groups is 1. The van der Waals surface area contributed by atoms with E-state index in [2.05, 4.69) is 50.3 Å². The van der Waals surface area contributed by atoms with E-state index < -0.39 is 63.1 Å². The van der Waals surface area contributed by atoms with E-state index in [-0.39, 0.29) is 13.0 Å². The summed E-state index contributed by atoms with van der Waals surface area (Å²) in [6.45, 7) is 4.22. The fraction of sp³-hybridized carbons (Fsp3) is 0.860. The molecule has 12 nitrogen and oxygen atoms in total. The van der Waals surface area contributed by atoms with Gasteiger partial charge in [0.15, 0.2) is 0 Å². The van der Waals surface area contributed by atoms with Gasteiger partial charge in [-0.25, -0.2) is 4.57 Å². The van der Waals surface area contributed by atoms with Crippen LogP contribution in [-0.2, 0) is 27.9 Å². The van der Waals surface area contributed by atoms with Crippen LogP contribution in [0.1, 0.15) is 213 Å². The number of carbonyl (C=O) groups is 1. The van der Waals surface area contributed by atoms with Gasteiger partial charge in [-0.1, -0.05) is 172 Å². The quantitative estimate of drug-likeness (QED) is 0.0147. The molecule has 0 saturated heterocycles. The molecule has 13 heteroatoms. The molecule has 1 saturated carbocycles. The van der Waals surface area contributed by atoms with E-state index in [4.69, 9.17) is 18.5 Å². The van der Waals surface area contributed by atoms with E-state index in [1.165, 1.54) is 122 Å². The van der Waals surface area contributed by atoms with Crippen LogP contribution in [0.25, 0.3) is 0 Å².